The molecular weight excluding hydrogens is 358 g/mol. The van der Waals surface area contributed by atoms with E-state index in [2.05, 4.69) is 20.5 Å². The van der Waals surface area contributed by atoms with Crippen molar-refractivity contribution in [2.75, 3.05) is 0 Å². The van der Waals surface area contributed by atoms with Gasteiger partial charge >= 0.3 is 0 Å². The molecule has 0 saturated carbocycles. The summed E-state index contributed by atoms with van der Waals surface area (Å²) in [6, 6.07) is 15.0. The van der Waals surface area contributed by atoms with Gasteiger partial charge in [0.1, 0.15) is 11.5 Å². The molecule has 1 aliphatic heterocycles. The summed E-state index contributed by atoms with van der Waals surface area (Å²) in [5, 5.41) is 10.8. The maximum atomic E-state index is 13.1. The molecule has 1 amide bonds. The summed E-state index contributed by atoms with van der Waals surface area (Å²) < 4.78 is 7.49. The maximum Gasteiger partial charge on any atom is 0.293 e. The van der Waals surface area contributed by atoms with Gasteiger partial charge in [0, 0.05) is 23.5 Å². The number of para-hydroxylation sites is 2. The van der Waals surface area contributed by atoms with Crippen LogP contribution < -0.4 is 15.6 Å². The van der Waals surface area contributed by atoms with Crippen LogP contribution in [-0.4, -0.2) is 25.5 Å². The van der Waals surface area contributed by atoms with Crippen molar-refractivity contribution in [3.8, 4) is 11.5 Å². The molecular formula is C20H15N5O3. The molecule has 0 saturated heterocycles. The second-order valence-corrected chi connectivity index (χ2v) is 6.43. The van der Waals surface area contributed by atoms with Gasteiger partial charge in [-0.15, -0.1) is 10.2 Å². The van der Waals surface area contributed by atoms with E-state index in [-0.39, 0.29) is 23.7 Å². The Labute approximate surface area is 158 Å². The van der Waals surface area contributed by atoms with Gasteiger partial charge in [-0.05, 0) is 12.1 Å². The molecule has 28 heavy (non-hydrogen) atoms. The number of ether oxygens (including phenoxy) is 1. The molecule has 2 aromatic carbocycles. The lowest BCUT2D eigenvalue weighted by atomic mass is 9.87. The minimum Gasteiger partial charge on any atom is -0.457 e. The Morgan fingerprint density at radius 2 is 1.75 bits per heavy atom. The third kappa shape index (κ3) is 2.54. The maximum absolute atomic E-state index is 13.1. The quantitative estimate of drug-likeness (QED) is 0.572. The summed E-state index contributed by atoms with van der Waals surface area (Å²) in [5.41, 5.74) is 1.47. The number of aromatic amines is 1. The Hall–Kier alpha value is -3.94. The van der Waals surface area contributed by atoms with Crippen molar-refractivity contribution in [2.24, 2.45) is 0 Å². The van der Waals surface area contributed by atoms with Gasteiger partial charge in [-0.25, -0.2) is 0 Å². The fourth-order valence-corrected chi connectivity index (χ4v) is 3.47. The SMILES string of the molecule is O=C(NCc1nnc2c(=O)[nH]ccn12)C1c2ccccc2Oc2ccccc21. The van der Waals surface area contributed by atoms with Crippen LogP contribution in [0.15, 0.2) is 65.7 Å². The van der Waals surface area contributed by atoms with Gasteiger partial charge in [-0.1, -0.05) is 36.4 Å². The van der Waals surface area contributed by atoms with Crippen molar-refractivity contribution in [3.05, 3.63) is 88.2 Å². The van der Waals surface area contributed by atoms with Gasteiger partial charge in [0.05, 0.1) is 12.5 Å². The normalized spacial score (nSPS) is 12.9. The first-order valence-electron chi connectivity index (χ1n) is 8.77. The number of amides is 1. The van der Waals surface area contributed by atoms with E-state index in [1.807, 2.05) is 48.5 Å². The predicted octanol–water partition coefficient (Wildman–Crippen LogP) is 1.97. The van der Waals surface area contributed by atoms with Crippen LogP contribution in [0.5, 0.6) is 11.5 Å². The fourth-order valence-electron chi connectivity index (χ4n) is 3.47. The molecule has 3 heterocycles. The van der Waals surface area contributed by atoms with E-state index in [0.717, 1.165) is 11.1 Å². The molecule has 4 aromatic rings. The molecule has 8 heteroatoms. The summed E-state index contributed by atoms with van der Waals surface area (Å²) in [6.07, 6.45) is 3.16. The van der Waals surface area contributed by atoms with Crippen LogP contribution >= 0.6 is 0 Å². The molecule has 2 N–H and O–H groups in total. The standard InChI is InChI=1S/C20H15N5O3/c26-19(22-11-16-23-24-18-20(27)21-9-10-25(16)18)17-12-5-1-3-7-14(12)28-15-8-4-2-6-13(15)17/h1-10,17H,11H2,(H,21,27)(H,22,26). The van der Waals surface area contributed by atoms with Crippen LogP contribution in [0.3, 0.4) is 0 Å². The lowest BCUT2D eigenvalue weighted by Gasteiger charge is -2.27. The average Bonchev–Trinajstić information content (AvgIpc) is 3.14. The summed E-state index contributed by atoms with van der Waals surface area (Å²) in [5.74, 6) is 1.14. The molecule has 0 unspecified atom stereocenters. The minimum atomic E-state index is -0.497. The molecule has 0 fully saturated rings. The van der Waals surface area contributed by atoms with Crippen LogP contribution in [0, 0.1) is 0 Å². The summed E-state index contributed by atoms with van der Waals surface area (Å²) in [6.45, 7) is 0.144. The zero-order valence-corrected chi connectivity index (χ0v) is 14.6. The number of H-pyrrole nitrogens is 1. The topological polar surface area (TPSA) is 101 Å². The average molecular weight is 373 g/mol. The Bertz CT molecular complexity index is 1210. The number of nitrogens with zero attached hydrogens (tertiary/aromatic N) is 3. The van der Waals surface area contributed by atoms with E-state index < -0.39 is 5.92 Å². The Kier molecular flexibility index (Phi) is 3.68. The molecule has 138 valence electrons. The molecule has 0 atom stereocenters. The summed E-state index contributed by atoms with van der Waals surface area (Å²) >= 11 is 0. The van der Waals surface area contributed by atoms with Gasteiger partial charge in [0.25, 0.3) is 5.56 Å². The number of carbonyl (C=O) groups is 1. The molecule has 1 aliphatic rings. The smallest absolute Gasteiger partial charge is 0.293 e. The van der Waals surface area contributed by atoms with E-state index in [9.17, 15) is 9.59 Å². The molecule has 0 aliphatic carbocycles. The Morgan fingerprint density at radius 1 is 1.07 bits per heavy atom. The van der Waals surface area contributed by atoms with Gasteiger partial charge in [0.2, 0.25) is 11.6 Å². The van der Waals surface area contributed by atoms with Gasteiger partial charge in [-0.2, -0.15) is 0 Å². The van der Waals surface area contributed by atoms with E-state index in [0.29, 0.717) is 17.3 Å². The van der Waals surface area contributed by atoms with E-state index in [1.54, 1.807) is 10.6 Å². The number of aromatic nitrogens is 4. The molecule has 0 bridgehead atoms. The van der Waals surface area contributed by atoms with Crippen LogP contribution in [0.1, 0.15) is 22.9 Å². The van der Waals surface area contributed by atoms with Crippen LogP contribution in [0.2, 0.25) is 0 Å². The molecule has 5 rings (SSSR count). The van der Waals surface area contributed by atoms with Crippen LogP contribution in [-0.2, 0) is 11.3 Å². The highest BCUT2D eigenvalue weighted by Gasteiger charge is 2.32. The van der Waals surface area contributed by atoms with E-state index in [1.165, 1.54) is 6.20 Å². The largest absolute Gasteiger partial charge is 0.457 e. The highest BCUT2D eigenvalue weighted by Crippen LogP contribution is 2.43. The van der Waals surface area contributed by atoms with Crippen molar-refractivity contribution < 1.29 is 9.53 Å². The highest BCUT2D eigenvalue weighted by atomic mass is 16.5. The second-order valence-electron chi connectivity index (χ2n) is 6.43. The van der Waals surface area contributed by atoms with Gasteiger partial charge < -0.3 is 15.0 Å². The minimum absolute atomic E-state index is 0.144. The van der Waals surface area contributed by atoms with Crippen LogP contribution in [0.25, 0.3) is 5.65 Å². The van der Waals surface area contributed by atoms with E-state index >= 15 is 0 Å². The van der Waals surface area contributed by atoms with Crippen molar-refractivity contribution in [3.63, 3.8) is 0 Å². The number of nitrogens with one attached hydrogen (secondary N) is 2. The predicted molar refractivity (Wildman–Crippen MR) is 100 cm³/mol. The van der Waals surface area contributed by atoms with Crippen molar-refractivity contribution in [2.45, 2.75) is 12.5 Å². The summed E-state index contributed by atoms with van der Waals surface area (Å²) in [7, 11) is 0. The number of hydrogen-bond acceptors (Lipinski definition) is 5. The Balaban J connectivity index is 1.47. The summed E-state index contributed by atoms with van der Waals surface area (Å²) in [4.78, 5) is 27.4. The van der Waals surface area contributed by atoms with Crippen LogP contribution in [0.4, 0.5) is 0 Å². The van der Waals surface area contributed by atoms with Crippen molar-refractivity contribution in [1.29, 1.82) is 0 Å². The zero-order valence-electron chi connectivity index (χ0n) is 14.6. The first kappa shape index (κ1) is 16.2. The number of rotatable bonds is 3. The molecule has 8 nitrogen and oxygen atoms in total. The van der Waals surface area contributed by atoms with Crippen molar-refractivity contribution >= 4 is 11.6 Å². The fraction of sp³-hybridized carbons (Fsp3) is 0.100. The number of carbonyl (C=O) groups excluding carboxylic acids is 1. The molecule has 2 aromatic heterocycles. The number of benzene rings is 2. The van der Waals surface area contributed by atoms with Crippen molar-refractivity contribution in [1.82, 2.24) is 24.9 Å². The van der Waals surface area contributed by atoms with Gasteiger partial charge in [0.15, 0.2) is 5.82 Å². The van der Waals surface area contributed by atoms with E-state index in [4.69, 9.17) is 4.74 Å². The highest BCUT2D eigenvalue weighted by molar-refractivity contribution is 5.89. The second kappa shape index (κ2) is 6.34. The molecule has 0 spiro atoms. The monoisotopic (exact) mass is 373 g/mol. The molecule has 0 radical (unpaired) electrons. The zero-order chi connectivity index (χ0) is 19.1. The Morgan fingerprint density at radius 3 is 2.46 bits per heavy atom. The lowest BCUT2D eigenvalue weighted by molar-refractivity contribution is -0.122. The third-order valence-electron chi connectivity index (χ3n) is 4.77. The first-order chi connectivity index (χ1) is 13.7. The first-order valence-corrected chi connectivity index (χ1v) is 8.77. The third-order valence-corrected chi connectivity index (χ3v) is 4.77. The number of hydrogen-bond donors (Lipinski definition) is 2. The lowest BCUT2D eigenvalue weighted by Crippen LogP contribution is -2.31. The number of fused-ring (bicyclic) bond motifs is 3. The van der Waals surface area contributed by atoms with Gasteiger partial charge in [-0.3, -0.25) is 14.0 Å².